The van der Waals surface area contributed by atoms with Crippen LogP contribution in [0.2, 0.25) is 0 Å². The van der Waals surface area contributed by atoms with Crippen molar-refractivity contribution in [3.8, 4) is 11.1 Å². The molecule has 3 amide bonds. The number of amides is 3. The van der Waals surface area contributed by atoms with E-state index in [0.29, 0.717) is 43.0 Å². The molecule has 0 unspecified atom stereocenters. The second kappa shape index (κ2) is 13.3. The highest BCUT2D eigenvalue weighted by Gasteiger charge is 2.42. The first-order valence-corrected chi connectivity index (χ1v) is 15.7. The fourth-order valence-corrected chi connectivity index (χ4v) is 6.17. The van der Waals surface area contributed by atoms with Gasteiger partial charge in [0.05, 0.1) is 5.69 Å². The van der Waals surface area contributed by atoms with Crippen molar-refractivity contribution in [2.75, 3.05) is 50.0 Å². The van der Waals surface area contributed by atoms with Crippen LogP contribution in [0.1, 0.15) is 38.3 Å². The molecule has 0 saturated carbocycles. The molecule has 47 heavy (non-hydrogen) atoms. The van der Waals surface area contributed by atoms with E-state index in [1.165, 1.54) is 11.0 Å². The summed E-state index contributed by atoms with van der Waals surface area (Å²) in [5.41, 5.74) is 3.07. The summed E-state index contributed by atoms with van der Waals surface area (Å²) < 4.78 is 31.9. The molecule has 0 spiro atoms. The molecule has 2 aliphatic heterocycles. The van der Waals surface area contributed by atoms with Gasteiger partial charge >= 0.3 is 0 Å². The van der Waals surface area contributed by atoms with Crippen molar-refractivity contribution in [2.45, 2.75) is 19.3 Å². The molecule has 1 fully saturated rings. The van der Waals surface area contributed by atoms with Crippen molar-refractivity contribution in [3.63, 3.8) is 0 Å². The minimum absolute atomic E-state index is 0.126. The molecular weight excluding hydrogens is 598 g/mol. The number of para-hydroxylation sites is 2. The summed E-state index contributed by atoms with van der Waals surface area (Å²) in [5.74, 6) is -4.77. The van der Waals surface area contributed by atoms with Crippen LogP contribution in [0.25, 0.3) is 16.7 Å². The summed E-state index contributed by atoms with van der Waals surface area (Å²) in [6.07, 6.45) is 0.369. The van der Waals surface area contributed by atoms with Gasteiger partial charge in [-0.05, 0) is 49.9 Å². The highest BCUT2D eigenvalue weighted by Crippen LogP contribution is 2.44. The van der Waals surface area contributed by atoms with Crippen molar-refractivity contribution in [1.29, 1.82) is 0 Å². The minimum atomic E-state index is -3.37. The number of carbonyl (C=O) groups is 3. The van der Waals surface area contributed by atoms with Crippen LogP contribution < -0.4 is 10.2 Å². The van der Waals surface area contributed by atoms with E-state index < -0.39 is 35.6 Å². The van der Waals surface area contributed by atoms with Gasteiger partial charge in [0.25, 0.3) is 17.7 Å². The number of fused-ring (bicyclic) bond motifs is 1. The number of halogens is 2. The molecule has 7 nitrogen and oxygen atoms in total. The Hall–Kier alpha value is -5.15. The Morgan fingerprint density at radius 1 is 0.787 bits per heavy atom. The monoisotopic (exact) mass is 634 g/mol. The summed E-state index contributed by atoms with van der Waals surface area (Å²) in [4.78, 5) is 46.6. The number of nitrogens with zero attached hydrogens (tertiary/aromatic N) is 3. The second-order valence-corrected chi connectivity index (χ2v) is 12.0. The summed E-state index contributed by atoms with van der Waals surface area (Å²) in [5, 5.41) is 2.91. The standard InChI is InChI=1S/C38H36F2N4O3/c1-26-10-8-11-27(24-26)35-30(36(46)41-28-12-4-3-5-13-28)15-9-16-31(35)37(47)44-19-18-38(39,40)32(29-14-6-7-17-33(29)44)25-34(45)43-22-20-42(2)21-23-43/h3-17,24-25H,18-23H2,1-2H3,(H,41,46). The van der Waals surface area contributed by atoms with E-state index in [4.69, 9.17) is 0 Å². The number of nitrogens with one attached hydrogen (secondary N) is 1. The second-order valence-electron chi connectivity index (χ2n) is 12.0. The normalized spacial score (nSPS) is 17.1. The van der Waals surface area contributed by atoms with Crippen molar-refractivity contribution in [2.24, 2.45) is 0 Å². The number of aryl methyl sites for hydroxylation is 1. The molecule has 6 rings (SSSR count). The van der Waals surface area contributed by atoms with Crippen molar-refractivity contribution >= 4 is 34.7 Å². The van der Waals surface area contributed by atoms with E-state index in [0.717, 1.165) is 11.6 Å². The summed E-state index contributed by atoms with van der Waals surface area (Å²) >= 11 is 0. The highest BCUT2D eigenvalue weighted by molar-refractivity contribution is 6.17. The van der Waals surface area contributed by atoms with Crippen molar-refractivity contribution < 1.29 is 23.2 Å². The predicted octanol–water partition coefficient (Wildman–Crippen LogP) is 6.76. The molecule has 4 aromatic carbocycles. The predicted molar refractivity (Wildman–Crippen MR) is 181 cm³/mol. The van der Waals surface area contributed by atoms with Gasteiger partial charge in [0.15, 0.2) is 0 Å². The zero-order chi connectivity index (χ0) is 33.1. The van der Waals surface area contributed by atoms with Crippen LogP contribution in [-0.4, -0.2) is 73.2 Å². The molecule has 2 aliphatic rings. The largest absolute Gasteiger partial charge is 0.337 e. The number of anilines is 2. The molecule has 2 heterocycles. The Morgan fingerprint density at radius 3 is 2.21 bits per heavy atom. The van der Waals surface area contributed by atoms with Crippen molar-refractivity contribution in [3.05, 3.63) is 125 Å². The molecule has 0 radical (unpaired) electrons. The topological polar surface area (TPSA) is 73.0 Å². The lowest BCUT2D eigenvalue weighted by atomic mass is 9.92. The number of benzene rings is 4. The Morgan fingerprint density at radius 2 is 1.47 bits per heavy atom. The lowest BCUT2D eigenvalue weighted by molar-refractivity contribution is -0.127. The number of hydrogen-bond acceptors (Lipinski definition) is 4. The van der Waals surface area contributed by atoms with Gasteiger partial charge in [0, 0.05) is 78.7 Å². The summed E-state index contributed by atoms with van der Waals surface area (Å²) in [7, 11) is 1.96. The molecule has 9 heteroatoms. The first kappa shape index (κ1) is 31.8. The van der Waals surface area contributed by atoms with Crippen LogP contribution in [-0.2, 0) is 4.79 Å². The number of rotatable bonds is 5. The van der Waals surface area contributed by atoms with Crippen LogP contribution in [0.5, 0.6) is 0 Å². The SMILES string of the molecule is Cc1cccc(-c2c(C(=O)Nc3ccccc3)cccc2C(=O)N2CCC(F)(F)C(=CC(=O)N3CCN(C)CC3)c3ccccc32)c1. The molecular formula is C38H36F2N4O3. The summed E-state index contributed by atoms with van der Waals surface area (Å²) in [6, 6.07) is 27.9. The lowest BCUT2D eigenvalue weighted by Gasteiger charge is -2.32. The Kier molecular flexibility index (Phi) is 9.00. The third-order valence-corrected chi connectivity index (χ3v) is 8.73. The number of carbonyl (C=O) groups excluding carboxylic acids is 3. The van der Waals surface area contributed by atoms with Crippen LogP contribution in [0.3, 0.4) is 0 Å². The minimum Gasteiger partial charge on any atom is -0.337 e. The van der Waals surface area contributed by atoms with Gasteiger partial charge in [0.1, 0.15) is 0 Å². The average Bonchev–Trinajstić information content (AvgIpc) is 3.18. The zero-order valence-corrected chi connectivity index (χ0v) is 26.4. The molecule has 240 valence electrons. The van der Waals surface area contributed by atoms with Gasteiger partial charge in [-0.3, -0.25) is 14.4 Å². The Labute approximate surface area is 273 Å². The number of piperazine rings is 1. The van der Waals surface area contributed by atoms with Crippen molar-refractivity contribution in [1.82, 2.24) is 9.80 Å². The lowest BCUT2D eigenvalue weighted by Crippen LogP contribution is -2.46. The maximum absolute atomic E-state index is 16.0. The molecule has 1 saturated heterocycles. The van der Waals surface area contributed by atoms with Gasteiger partial charge < -0.3 is 20.0 Å². The van der Waals surface area contributed by atoms with Crippen LogP contribution in [0.4, 0.5) is 20.2 Å². The van der Waals surface area contributed by atoms with Crippen LogP contribution in [0.15, 0.2) is 103 Å². The maximum atomic E-state index is 16.0. The van der Waals surface area contributed by atoms with E-state index >= 15 is 8.78 Å². The third kappa shape index (κ3) is 6.71. The molecule has 0 aromatic heterocycles. The number of hydrogen-bond donors (Lipinski definition) is 1. The molecule has 0 aliphatic carbocycles. The number of likely N-dealkylation sites (N-methyl/N-ethyl adjacent to an activating group) is 1. The van der Waals surface area contributed by atoms with E-state index in [9.17, 15) is 14.4 Å². The van der Waals surface area contributed by atoms with Gasteiger partial charge in [-0.1, -0.05) is 72.3 Å². The van der Waals surface area contributed by atoms with Gasteiger partial charge in [-0.25, -0.2) is 8.78 Å². The number of alkyl halides is 2. The van der Waals surface area contributed by atoms with Crippen LogP contribution in [0, 0.1) is 6.92 Å². The first-order valence-electron chi connectivity index (χ1n) is 15.7. The summed E-state index contributed by atoms with van der Waals surface area (Å²) in [6.45, 7) is 3.85. The Bertz CT molecular complexity index is 1850. The molecule has 0 atom stereocenters. The maximum Gasteiger partial charge on any atom is 0.275 e. The van der Waals surface area contributed by atoms with E-state index in [2.05, 4.69) is 10.2 Å². The molecule has 0 bridgehead atoms. The van der Waals surface area contributed by atoms with E-state index in [1.54, 1.807) is 53.4 Å². The Balaban J connectivity index is 1.43. The third-order valence-electron chi connectivity index (χ3n) is 8.73. The van der Waals surface area contributed by atoms with E-state index in [1.807, 2.05) is 56.4 Å². The fourth-order valence-electron chi connectivity index (χ4n) is 6.17. The quantitative estimate of drug-likeness (QED) is 0.247. The van der Waals surface area contributed by atoms with Gasteiger partial charge in [0.2, 0.25) is 5.91 Å². The van der Waals surface area contributed by atoms with Gasteiger partial charge in [-0.15, -0.1) is 0 Å². The molecule has 4 aromatic rings. The fraction of sp³-hybridized carbons (Fsp3) is 0.237. The van der Waals surface area contributed by atoms with E-state index in [-0.39, 0.29) is 28.9 Å². The van der Waals surface area contributed by atoms with Gasteiger partial charge in [-0.2, -0.15) is 0 Å². The highest BCUT2D eigenvalue weighted by atomic mass is 19.3. The smallest absolute Gasteiger partial charge is 0.275 e. The molecule has 1 N–H and O–H groups in total. The first-order chi connectivity index (χ1) is 22.6. The zero-order valence-electron chi connectivity index (χ0n) is 26.4. The van der Waals surface area contributed by atoms with Crippen LogP contribution >= 0.6 is 0 Å². The average molecular weight is 635 g/mol. The number of allylic oxidation sites excluding steroid dienone is 1.